The summed E-state index contributed by atoms with van der Waals surface area (Å²) in [5, 5.41) is 15.1. The highest BCUT2D eigenvalue weighted by Gasteiger charge is 2.24. The van der Waals surface area contributed by atoms with Crippen molar-refractivity contribution in [2.75, 3.05) is 14.2 Å². The van der Waals surface area contributed by atoms with Crippen LogP contribution in [0, 0.1) is 0 Å². The molecule has 112 valence electrons. The molecule has 0 atom stereocenters. The minimum Gasteiger partial charge on any atom is -0.504 e. The molecule has 21 heavy (non-hydrogen) atoms. The standard InChI is InChI=1S/C13H15N3O4S/c1-6(15-16-13(14)21)8-9(17)12(19-3)11-7(4-5-20-11)10(8)18-2/h4-5,17H,1-3H3,(H3,14,16,21)/b15-6+. The topological polar surface area (TPSA) is 102 Å². The first-order chi connectivity index (χ1) is 10.0. The number of thiocarbonyl (C=S) groups is 1. The average molecular weight is 309 g/mol. The minimum atomic E-state index is -0.136. The van der Waals surface area contributed by atoms with Gasteiger partial charge < -0.3 is 24.7 Å². The molecule has 0 amide bonds. The number of phenols is 1. The Morgan fingerprint density at radius 2 is 2.05 bits per heavy atom. The van der Waals surface area contributed by atoms with E-state index >= 15 is 0 Å². The van der Waals surface area contributed by atoms with Gasteiger partial charge in [-0.1, -0.05) is 0 Å². The zero-order valence-corrected chi connectivity index (χ0v) is 12.6. The predicted molar refractivity (Wildman–Crippen MR) is 83.1 cm³/mol. The maximum Gasteiger partial charge on any atom is 0.205 e. The summed E-state index contributed by atoms with van der Waals surface area (Å²) in [6.07, 6.45) is 1.48. The van der Waals surface area contributed by atoms with Crippen LogP contribution in [-0.2, 0) is 0 Å². The minimum absolute atomic E-state index is 0.0177. The summed E-state index contributed by atoms with van der Waals surface area (Å²) >= 11 is 4.70. The van der Waals surface area contributed by atoms with Gasteiger partial charge in [0.2, 0.25) is 5.75 Å². The van der Waals surface area contributed by atoms with E-state index in [1.54, 1.807) is 13.0 Å². The highest BCUT2D eigenvalue weighted by atomic mass is 32.1. The molecule has 0 spiro atoms. The lowest BCUT2D eigenvalue weighted by Crippen LogP contribution is -2.25. The summed E-state index contributed by atoms with van der Waals surface area (Å²) in [7, 11) is 2.93. The summed E-state index contributed by atoms with van der Waals surface area (Å²) < 4.78 is 15.9. The monoisotopic (exact) mass is 309 g/mol. The molecule has 0 fully saturated rings. The van der Waals surface area contributed by atoms with E-state index in [0.29, 0.717) is 28.0 Å². The van der Waals surface area contributed by atoms with Crippen LogP contribution in [0.25, 0.3) is 11.0 Å². The van der Waals surface area contributed by atoms with Crippen molar-refractivity contribution < 1.29 is 19.0 Å². The van der Waals surface area contributed by atoms with Crippen molar-refractivity contribution in [3.63, 3.8) is 0 Å². The number of fused-ring (bicyclic) bond motifs is 1. The number of methoxy groups -OCH3 is 2. The molecule has 4 N–H and O–H groups in total. The van der Waals surface area contributed by atoms with Crippen LogP contribution in [0.1, 0.15) is 12.5 Å². The van der Waals surface area contributed by atoms with Gasteiger partial charge in [-0.2, -0.15) is 5.10 Å². The quantitative estimate of drug-likeness (QED) is 0.449. The van der Waals surface area contributed by atoms with Gasteiger partial charge in [-0.25, -0.2) is 0 Å². The van der Waals surface area contributed by atoms with Crippen LogP contribution in [-0.4, -0.2) is 30.2 Å². The fourth-order valence-corrected chi connectivity index (χ4v) is 2.10. The first kappa shape index (κ1) is 14.9. The fourth-order valence-electron chi connectivity index (χ4n) is 2.06. The Labute approximate surface area is 126 Å². The van der Waals surface area contributed by atoms with Crippen molar-refractivity contribution in [2.24, 2.45) is 10.8 Å². The van der Waals surface area contributed by atoms with Crippen LogP contribution in [0.4, 0.5) is 0 Å². The predicted octanol–water partition coefficient (Wildman–Crippen LogP) is 1.71. The van der Waals surface area contributed by atoms with Gasteiger partial charge in [-0.15, -0.1) is 0 Å². The van der Waals surface area contributed by atoms with Gasteiger partial charge in [0.25, 0.3) is 0 Å². The van der Waals surface area contributed by atoms with Gasteiger partial charge >= 0.3 is 0 Å². The molecule has 0 saturated heterocycles. The van der Waals surface area contributed by atoms with Crippen LogP contribution in [0.3, 0.4) is 0 Å². The molecule has 0 saturated carbocycles. The Balaban J connectivity index is 2.74. The lowest BCUT2D eigenvalue weighted by molar-refractivity contribution is 0.364. The molecule has 7 nitrogen and oxygen atoms in total. The van der Waals surface area contributed by atoms with Crippen molar-refractivity contribution in [1.29, 1.82) is 0 Å². The Morgan fingerprint density at radius 3 is 2.62 bits per heavy atom. The number of benzene rings is 1. The number of hydrazone groups is 1. The summed E-state index contributed by atoms with van der Waals surface area (Å²) in [5.74, 6) is 0.488. The molecule has 0 aliphatic carbocycles. The van der Waals surface area contributed by atoms with E-state index in [-0.39, 0.29) is 16.6 Å². The number of hydrogen-bond acceptors (Lipinski definition) is 6. The largest absolute Gasteiger partial charge is 0.504 e. The molecule has 1 heterocycles. The molecule has 0 aliphatic rings. The number of furan rings is 1. The maximum atomic E-state index is 10.4. The van der Waals surface area contributed by atoms with E-state index in [1.165, 1.54) is 20.5 Å². The fraction of sp³-hybridized carbons (Fsp3) is 0.231. The van der Waals surface area contributed by atoms with Crippen LogP contribution < -0.4 is 20.6 Å². The van der Waals surface area contributed by atoms with Crippen molar-refractivity contribution in [3.8, 4) is 17.2 Å². The van der Waals surface area contributed by atoms with Crippen LogP contribution in [0.2, 0.25) is 0 Å². The summed E-state index contributed by atoms with van der Waals surface area (Å²) in [5.41, 5.74) is 9.00. The zero-order valence-electron chi connectivity index (χ0n) is 11.8. The first-order valence-electron chi connectivity index (χ1n) is 5.95. The molecule has 2 rings (SSSR count). The third-order valence-corrected chi connectivity index (χ3v) is 2.99. The molecule has 0 aliphatic heterocycles. The molecule has 0 radical (unpaired) electrons. The number of aromatic hydroxyl groups is 1. The van der Waals surface area contributed by atoms with Crippen LogP contribution in [0.15, 0.2) is 21.8 Å². The number of phenolic OH excluding ortho intramolecular Hbond substituents is 1. The van der Waals surface area contributed by atoms with Crippen molar-refractivity contribution in [2.45, 2.75) is 6.92 Å². The van der Waals surface area contributed by atoms with Crippen molar-refractivity contribution in [3.05, 3.63) is 17.9 Å². The molecule has 2 aromatic rings. The Morgan fingerprint density at radius 1 is 1.38 bits per heavy atom. The zero-order chi connectivity index (χ0) is 15.6. The van der Waals surface area contributed by atoms with Gasteiger partial charge in [0.15, 0.2) is 16.4 Å². The van der Waals surface area contributed by atoms with E-state index in [4.69, 9.17) is 31.8 Å². The van der Waals surface area contributed by atoms with E-state index in [2.05, 4.69) is 10.5 Å². The number of nitrogens with two attached hydrogens (primary N) is 1. The number of nitrogens with one attached hydrogen (secondary N) is 1. The first-order valence-corrected chi connectivity index (χ1v) is 6.36. The van der Waals surface area contributed by atoms with E-state index in [0.717, 1.165) is 0 Å². The second kappa shape index (κ2) is 5.88. The Bertz CT molecular complexity index is 724. The van der Waals surface area contributed by atoms with Crippen molar-refractivity contribution >= 4 is 34.0 Å². The van der Waals surface area contributed by atoms with E-state index in [1.807, 2.05) is 0 Å². The lowest BCUT2D eigenvalue weighted by atomic mass is 10.0. The third-order valence-electron chi connectivity index (χ3n) is 2.90. The van der Waals surface area contributed by atoms with E-state index < -0.39 is 0 Å². The van der Waals surface area contributed by atoms with Gasteiger partial charge in [-0.05, 0) is 25.2 Å². The normalized spacial score (nSPS) is 11.5. The molecule has 1 aromatic carbocycles. The van der Waals surface area contributed by atoms with Gasteiger partial charge in [0.05, 0.1) is 37.1 Å². The second-order valence-corrected chi connectivity index (χ2v) is 4.57. The smallest absolute Gasteiger partial charge is 0.205 e. The highest BCUT2D eigenvalue weighted by Crippen LogP contribution is 2.45. The average Bonchev–Trinajstić information content (AvgIpc) is 2.92. The molecular formula is C13H15N3O4S. The third kappa shape index (κ3) is 2.57. The molecule has 0 unspecified atom stereocenters. The number of hydrogen-bond donors (Lipinski definition) is 3. The number of nitrogens with zero attached hydrogens (tertiary/aromatic N) is 1. The summed E-state index contributed by atoms with van der Waals surface area (Å²) in [4.78, 5) is 0. The molecule has 1 aromatic heterocycles. The second-order valence-electron chi connectivity index (χ2n) is 4.13. The maximum absolute atomic E-state index is 10.4. The molecule has 0 bridgehead atoms. The Hall–Kier alpha value is -2.48. The van der Waals surface area contributed by atoms with Crippen LogP contribution >= 0.6 is 12.2 Å². The molecule has 8 heteroatoms. The number of ether oxygens (including phenoxy) is 2. The van der Waals surface area contributed by atoms with Crippen LogP contribution in [0.5, 0.6) is 17.2 Å². The highest BCUT2D eigenvalue weighted by molar-refractivity contribution is 7.80. The summed E-state index contributed by atoms with van der Waals surface area (Å²) in [6.45, 7) is 1.67. The SMILES string of the molecule is COc1c(/C(C)=N/NC(N)=S)c(O)c(OC)c2occc12. The lowest BCUT2D eigenvalue weighted by Gasteiger charge is -2.14. The Kier molecular flexibility index (Phi) is 4.18. The number of rotatable bonds is 4. The van der Waals surface area contributed by atoms with Gasteiger partial charge in [0, 0.05) is 0 Å². The van der Waals surface area contributed by atoms with E-state index in [9.17, 15) is 5.11 Å². The van der Waals surface area contributed by atoms with Gasteiger partial charge in [-0.3, -0.25) is 5.43 Å². The van der Waals surface area contributed by atoms with Crippen molar-refractivity contribution in [1.82, 2.24) is 5.43 Å². The molecular weight excluding hydrogens is 294 g/mol. The van der Waals surface area contributed by atoms with Gasteiger partial charge in [0.1, 0.15) is 5.75 Å². The summed E-state index contributed by atoms with van der Waals surface area (Å²) in [6, 6.07) is 1.72.